The van der Waals surface area contributed by atoms with E-state index in [1.165, 1.54) is 29.1 Å². The zero-order valence-corrected chi connectivity index (χ0v) is 22.0. The monoisotopic (exact) mass is 546 g/mol. The molecule has 1 saturated heterocycles. The summed E-state index contributed by atoms with van der Waals surface area (Å²) in [6.45, 7) is 2.60. The molecule has 0 aliphatic carbocycles. The molecule has 1 aliphatic rings. The molecule has 3 aromatic rings. The van der Waals surface area contributed by atoms with E-state index < -0.39 is 11.6 Å². The molecule has 2 N–H and O–H groups in total. The van der Waals surface area contributed by atoms with Crippen LogP contribution in [-0.4, -0.2) is 68.4 Å². The van der Waals surface area contributed by atoms with Gasteiger partial charge in [-0.05, 0) is 41.8 Å². The zero-order valence-electron chi connectivity index (χ0n) is 21.3. The molecule has 1 unspecified atom stereocenters. The van der Waals surface area contributed by atoms with Gasteiger partial charge in [0, 0.05) is 45.2 Å². The summed E-state index contributed by atoms with van der Waals surface area (Å²) in [4.78, 5) is 21.0. The fourth-order valence-electron chi connectivity index (χ4n) is 4.46. The highest BCUT2D eigenvalue weighted by atomic mass is 35.5. The molecule has 1 amide bonds. The first-order chi connectivity index (χ1) is 18.2. The Morgan fingerprint density at radius 1 is 1.29 bits per heavy atom. The SMILES string of the molecule is COCC1CN(/C=C(\C)c2cc(Nc3c(F)cnn3C)ncc2Cl)CC(=O)N1Cc1cc(F)ccc1CO. The van der Waals surface area contributed by atoms with Crippen molar-refractivity contribution in [2.24, 2.45) is 7.05 Å². The van der Waals surface area contributed by atoms with E-state index in [2.05, 4.69) is 15.4 Å². The maximum absolute atomic E-state index is 14.0. The van der Waals surface area contributed by atoms with Crippen molar-refractivity contribution in [2.75, 3.05) is 32.1 Å². The Hall–Kier alpha value is -3.54. The van der Waals surface area contributed by atoms with Gasteiger partial charge in [-0.2, -0.15) is 5.10 Å². The van der Waals surface area contributed by atoms with Crippen LogP contribution in [0.4, 0.5) is 20.4 Å². The number of aryl methyl sites for hydroxylation is 1. The molecule has 9 nitrogen and oxygen atoms in total. The number of piperazine rings is 1. The first kappa shape index (κ1) is 27.5. The predicted molar refractivity (Wildman–Crippen MR) is 139 cm³/mol. The number of amides is 1. The number of aliphatic hydroxyl groups excluding tert-OH is 1. The topological polar surface area (TPSA) is 95.8 Å². The largest absolute Gasteiger partial charge is 0.392 e. The van der Waals surface area contributed by atoms with Crippen LogP contribution < -0.4 is 5.32 Å². The van der Waals surface area contributed by atoms with Crippen LogP contribution in [0.15, 0.2) is 42.9 Å². The third-order valence-electron chi connectivity index (χ3n) is 6.38. The number of hydrogen-bond acceptors (Lipinski definition) is 7. The molecule has 1 atom stereocenters. The van der Waals surface area contributed by atoms with Crippen molar-refractivity contribution >= 4 is 34.7 Å². The Morgan fingerprint density at radius 3 is 2.76 bits per heavy atom. The van der Waals surface area contributed by atoms with E-state index in [-0.39, 0.29) is 44.1 Å². The number of anilines is 2. The Balaban J connectivity index is 1.54. The van der Waals surface area contributed by atoms with Gasteiger partial charge in [0.1, 0.15) is 11.6 Å². The van der Waals surface area contributed by atoms with Crippen LogP contribution in [0.25, 0.3) is 5.57 Å². The van der Waals surface area contributed by atoms with Crippen LogP contribution in [0, 0.1) is 11.6 Å². The number of carbonyl (C=O) groups excluding carboxylic acids is 1. The molecule has 0 spiro atoms. The van der Waals surface area contributed by atoms with Crippen molar-refractivity contribution in [3.05, 3.63) is 76.2 Å². The number of benzene rings is 1. The molecule has 1 aliphatic heterocycles. The van der Waals surface area contributed by atoms with Gasteiger partial charge < -0.3 is 25.0 Å². The summed E-state index contributed by atoms with van der Waals surface area (Å²) in [6, 6.07) is 5.54. The quantitative estimate of drug-likeness (QED) is 0.422. The molecule has 202 valence electrons. The highest BCUT2D eigenvalue weighted by Gasteiger charge is 2.32. The number of nitrogens with zero attached hydrogens (tertiary/aromatic N) is 5. The van der Waals surface area contributed by atoms with Crippen molar-refractivity contribution in [3.63, 3.8) is 0 Å². The summed E-state index contributed by atoms with van der Waals surface area (Å²) >= 11 is 6.43. The minimum absolute atomic E-state index is 0.0926. The summed E-state index contributed by atoms with van der Waals surface area (Å²) < 4.78 is 34.6. The highest BCUT2D eigenvalue weighted by Crippen LogP contribution is 2.28. The number of aliphatic hydroxyl groups is 1. The lowest BCUT2D eigenvalue weighted by atomic mass is 10.0. The summed E-state index contributed by atoms with van der Waals surface area (Å²) in [7, 11) is 3.17. The van der Waals surface area contributed by atoms with E-state index in [0.29, 0.717) is 34.1 Å². The van der Waals surface area contributed by atoms with Gasteiger partial charge in [-0.15, -0.1) is 0 Å². The molecule has 3 heterocycles. The van der Waals surface area contributed by atoms with Crippen molar-refractivity contribution in [3.8, 4) is 0 Å². The molecule has 4 rings (SSSR count). The van der Waals surface area contributed by atoms with E-state index in [0.717, 1.165) is 11.8 Å². The van der Waals surface area contributed by atoms with E-state index in [9.17, 15) is 18.7 Å². The van der Waals surface area contributed by atoms with E-state index in [4.69, 9.17) is 16.3 Å². The maximum Gasteiger partial charge on any atom is 0.242 e. The molecule has 0 bridgehead atoms. The van der Waals surface area contributed by atoms with Gasteiger partial charge in [-0.1, -0.05) is 17.7 Å². The average Bonchev–Trinajstić information content (AvgIpc) is 3.19. The van der Waals surface area contributed by atoms with Crippen LogP contribution in [0.3, 0.4) is 0 Å². The van der Waals surface area contributed by atoms with E-state index in [1.807, 2.05) is 18.0 Å². The van der Waals surface area contributed by atoms with Crippen molar-refractivity contribution in [2.45, 2.75) is 26.1 Å². The van der Waals surface area contributed by atoms with Crippen LogP contribution in [0.5, 0.6) is 0 Å². The van der Waals surface area contributed by atoms with Crippen LogP contribution in [0.2, 0.25) is 5.02 Å². The summed E-state index contributed by atoms with van der Waals surface area (Å²) in [5.74, 6) is -0.556. The fourth-order valence-corrected chi connectivity index (χ4v) is 4.71. The number of pyridine rings is 1. The Labute approximate surface area is 224 Å². The molecule has 0 saturated carbocycles. The summed E-state index contributed by atoms with van der Waals surface area (Å²) in [6.07, 6.45) is 4.42. The van der Waals surface area contributed by atoms with Gasteiger partial charge in [0.2, 0.25) is 5.91 Å². The van der Waals surface area contributed by atoms with Crippen LogP contribution in [0.1, 0.15) is 23.6 Å². The number of nitrogens with one attached hydrogen (secondary N) is 1. The van der Waals surface area contributed by atoms with Crippen LogP contribution in [-0.2, 0) is 29.7 Å². The Bertz CT molecular complexity index is 1330. The number of carbonyl (C=O) groups is 1. The van der Waals surface area contributed by atoms with Gasteiger partial charge in [0.05, 0.1) is 37.0 Å². The smallest absolute Gasteiger partial charge is 0.242 e. The van der Waals surface area contributed by atoms with Gasteiger partial charge in [-0.3, -0.25) is 4.79 Å². The molecular formula is C26H29ClF2N6O3. The van der Waals surface area contributed by atoms with E-state index in [1.54, 1.807) is 25.1 Å². The number of methoxy groups -OCH3 is 1. The van der Waals surface area contributed by atoms with Gasteiger partial charge in [0.15, 0.2) is 11.6 Å². The molecule has 1 aromatic carbocycles. The average molecular weight is 547 g/mol. The van der Waals surface area contributed by atoms with Gasteiger partial charge >= 0.3 is 0 Å². The number of halogens is 3. The van der Waals surface area contributed by atoms with Crippen molar-refractivity contribution in [1.29, 1.82) is 0 Å². The number of aromatic nitrogens is 3. The number of allylic oxidation sites excluding steroid dienone is 1. The Kier molecular flexibility index (Phi) is 8.60. The second-order valence-electron chi connectivity index (χ2n) is 9.08. The summed E-state index contributed by atoms with van der Waals surface area (Å²) in [5, 5.41) is 16.8. The minimum Gasteiger partial charge on any atom is -0.392 e. The molecule has 2 aromatic heterocycles. The lowest BCUT2D eigenvalue weighted by Gasteiger charge is -2.41. The lowest BCUT2D eigenvalue weighted by Crippen LogP contribution is -2.56. The lowest BCUT2D eigenvalue weighted by molar-refractivity contribution is -0.141. The Morgan fingerprint density at radius 2 is 2.08 bits per heavy atom. The second-order valence-corrected chi connectivity index (χ2v) is 9.49. The normalized spacial score (nSPS) is 16.3. The fraction of sp³-hybridized carbons (Fsp3) is 0.346. The molecule has 12 heteroatoms. The first-order valence-electron chi connectivity index (χ1n) is 11.9. The van der Waals surface area contributed by atoms with Crippen molar-refractivity contribution in [1.82, 2.24) is 24.6 Å². The van der Waals surface area contributed by atoms with Gasteiger partial charge in [0.25, 0.3) is 0 Å². The first-order valence-corrected chi connectivity index (χ1v) is 12.3. The highest BCUT2D eigenvalue weighted by molar-refractivity contribution is 6.32. The van der Waals surface area contributed by atoms with Gasteiger partial charge in [-0.25, -0.2) is 18.4 Å². The third kappa shape index (κ3) is 6.12. The molecule has 38 heavy (non-hydrogen) atoms. The molecule has 0 radical (unpaired) electrons. The van der Waals surface area contributed by atoms with Crippen molar-refractivity contribution < 1.29 is 23.4 Å². The third-order valence-corrected chi connectivity index (χ3v) is 6.68. The zero-order chi connectivity index (χ0) is 27.4. The standard InChI is InChI=1S/C26H29ClF2N6O3/c1-16(21-7-24(30-8-22(21)27)32-26-23(29)9-31-33(26)2)10-34-12-20(15-38-3)35(25(37)13-34)11-18-6-19(28)5-4-17(18)14-36/h4-10,20,36H,11-15H2,1-3H3,(H,30,32)/b16-10+. The second kappa shape index (κ2) is 11.9. The molecular weight excluding hydrogens is 518 g/mol. The number of hydrogen-bond donors (Lipinski definition) is 2. The molecule has 1 fully saturated rings. The number of rotatable bonds is 9. The van der Waals surface area contributed by atoms with Crippen LogP contribution >= 0.6 is 11.6 Å². The predicted octanol–water partition coefficient (Wildman–Crippen LogP) is 3.70. The minimum atomic E-state index is -0.511. The van der Waals surface area contributed by atoms with E-state index >= 15 is 0 Å². The maximum atomic E-state index is 14.0. The summed E-state index contributed by atoms with van der Waals surface area (Å²) in [5.41, 5.74) is 2.56. The number of ether oxygens (including phenoxy) is 1.